The van der Waals surface area contributed by atoms with Crippen LogP contribution in [0.3, 0.4) is 0 Å². The Morgan fingerprint density at radius 3 is 2.52 bits per heavy atom. The molecule has 0 radical (unpaired) electrons. The van der Waals surface area contributed by atoms with E-state index >= 15 is 0 Å². The second kappa shape index (κ2) is 10.1. The highest BCUT2D eigenvalue weighted by molar-refractivity contribution is 5.85. The van der Waals surface area contributed by atoms with Gasteiger partial charge in [0.15, 0.2) is 0 Å². The molecule has 0 aromatic carbocycles. The number of hydrogen-bond donors (Lipinski definition) is 2. The monoisotopic (exact) mass is 383 g/mol. The van der Waals surface area contributed by atoms with Gasteiger partial charge in [0.1, 0.15) is 5.82 Å². The van der Waals surface area contributed by atoms with Crippen molar-refractivity contribution in [2.75, 3.05) is 23.7 Å². The molecule has 3 heterocycles. The molecular formula is C17H23Cl2N5O. The van der Waals surface area contributed by atoms with Crippen LogP contribution in [-0.4, -0.2) is 35.0 Å². The number of amides is 1. The number of halogens is 2. The number of rotatable bonds is 4. The summed E-state index contributed by atoms with van der Waals surface area (Å²) in [6, 6.07) is 9.71. The van der Waals surface area contributed by atoms with Crippen LogP contribution in [0.5, 0.6) is 0 Å². The minimum Gasteiger partial charge on any atom is -0.397 e. The van der Waals surface area contributed by atoms with Gasteiger partial charge in [-0.1, -0.05) is 6.07 Å². The normalized spacial score (nSPS) is 14.2. The zero-order valence-corrected chi connectivity index (χ0v) is 15.4. The van der Waals surface area contributed by atoms with Crippen molar-refractivity contribution in [3.63, 3.8) is 0 Å². The van der Waals surface area contributed by atoms with Crippen LogP contribution in [0.15, 0.2) is 42.7 Å². The fraction of sp³-hybridized carbons (Fsp3) is 0.353. The molecule has 0 saturated carbocycles. The van der Waals surface area contributed by atoms with Crippen molar-refractivity contribution in [3.05, 3.63) is 48.4 Å². The molecule has 136 valence electrons. The fourth-order valence-electron chi connectivity index (χ4n) is 2.78. The summed E-state index contributed by atoms with van der Waals surface area (Å²) in [6.45, 7) is 1.81. The lowest BCUT2D eigenvalue weighted by Crippen LogP contribution is -2.45. The predicted molar refractivity (Wildman–Crippen MR) is 104 cm³/mol. The van der Waals surface area contributed by atoms with Gasteiger partial charge in [-0.3, -0.25) is 9.78 Å². The van der Waals surface area contributed by atoms with Crippen molar-refractivity contribution in [1.29, 1.82) is 0 Å². The molecule has 1 aliphatic rings. The SMILES string of the molecule is Cl.Cl.Nc1ccc(CC(=O)NC2CCN(c3ccccn3)CC2)nc1. The second-order valence-corrected chi connectivity index (χ2v) is 5.78. The van der Waals surface area contributed by atoms with Crippen LogP contribution in [0, 0.1) is 0 Å². The lowest BCUT2D eigenvalue weighted by Gasteiger charge is -2.33. The van der Waals surface area contributed by atoms with Crippen LogP contribution in [0.2, 0.25) is 0 Å². The first-order valence-corrected chi connectivity index (χ1v) is 7.86. The molecule has 0 atom stereocenters. The average Bonchev–Trinajstić information content (AvgIpc) is 2.58. The summed E-state index contributed by atoms with van der Waals surface area (Å²) < 4.78 is 0. The number of nitrogens with zero attached hydrogens (tertiary/aromatic N) is 3. The third kappa shape index (κ3) is 6.07. The number of pyridine rings is 2. The summed E-state index contributed by atoms with van der Waals surface area (Å²) in [5, 5.41) is 3.10. The molecule has 1 saturated heterocycles. The molecule has 8 heteroatoms. The molecule has 3 rings (SSSR count). The van der Waals surface area contributed by atoms with Crippen molar-refractivity contribution in [3.8, 4) is 0 Å². The van der Waals surface area contributed by atoms with E-state index in [-0.39, 0.29) is 36.8 Å². The van der Waals surface area contributed by atoms with Crippen molar-refractivity contribution < 1.29 is 4.79 Å². The standard InChI is InChI=1S/C17H21N5O.2ClH/c18-13-4-5-15(20-12-13)11-17(23)21-14-6-9-22(10-7-14)16-3-1-2-8-19-16;;/h1-5,8,12,14H,6-7,9-11,18H2,(H,21,23);2*1H. The van der Waals surface area contributed by atoms with E-state index < -0.39 is 0 Å². The maximum absolute atomic E-state index is 12.1. The van der Waals surface area contributed by atoms with Gasteiger partial charge in [0.25, 0.3) is 0 Å². The maximum Gasteiger partial charge on any atom is 0.226 e. The third-order valence-electron chi connectivity index (χ3n) is 4.02. The Morgan fingerprint density at radius 2 is 1.92 bits per heavy atom. The summed E-state index contributed by atoms with van der Waals surface area (Å²) in [6.07, 6.45) is 5.53. The minimum atomic E-state index is 0. The van der Waals surface area contributed by atoms with Crippen molar-refractivity contribution >= 4 is 42.2 Å². The van der Waals surface area contributed by atoms with Crippen LogP contribution in [0.1, 0.15) is 18.5 Å². The summed E-state index contributed by atoms with van der Waals surface area (Å²) in [5.74, 6) is 1.02. The average molecular weight is 384 g/mol. The van der Waals surface area contributed by atoms with Crippen LogP contribution >= 0.6 is 24.8 Å². The molecule has 0 bridgehead atoms. The number of piperidine rings is 1. The number of nitrogen functional groups attached to an aromatic ring is 1. The Morgan fingerprint density at radius 1 is 1.16 bits per heavy atom. The van der Waals surface area contributed by atoms with Gasteiger partial charge in [0.2, 0.25) is 5.91 Å². The molecule has 0 unspecified atom stereocenters. The van der Waals surface area contributed by atoms with E-state index in [0.717, 1.165) is 37.4 Å². The summed E-state index contributed by atoms with van der Waals surface area (Å²) >= 11 is 0. The van der Waals surface area contributed by atoms with Crippen molar-refractivity contribution in [2.24, 2.45) is 0 Å². The molecule has 1 aliphatic heterocycles. The summed E-state index contributed by atoms with van der Waals surface area (Å²) in [4.78, 5) is 22.9. The second-order valence-electron chi connectivity index (χ2n) is 5.78. The van der Waals surface area contributed by atoms with Crippen molar-refractivity contribution in [1.82, 2.24) is 15.3 Å². The Bertz CT molecular complexity index is 646. The van der Waals surface area contributed by atoms with E-state index in [9.17, 15) is 4.79 Å². The minimum absolute atomic E-state index is 0. The Kier molecular flexibility index (Phi) is 8.45. The van der Waals surface area contributed by atoms with Gasteiger partial charge in [-0.2, -0.15) is 0 Å². The summed E-state index contributed by atoms with van der Waals surface area (Å²) in [5.41, 5.74) is 6.94. The Labute approximate surface area is 160 Å². The molecule has 0 spiro atoms. The quantitative estimate of drug-likeness (QED) is 0.845. The highest BCUT2D eigenvalue weighted by Gasteiger charge is 2.21. The molecule has 2 aromatic heterocycles. The molecule has 25 heavy (non-hydrogen) atoms. The van der Waals surface area contributed by atoms with E-state index in [1.54, 1.807) is 18.3 Å². The number of aromatic nitrogens is 2. The molecule has 3 N–H and O–H groups in total. The van der Waals surface area contributed by atoms with Crippen LogP contribution in [0.4, 0.5) is 11.5 Å². The Hall–Kier alpha value is -2.05. The van der Waals surface area contributed by atoms with E-state index in [4.69, 9.17) is 5.73 Å². The smallest absolute Gasteiger partial charge is 0.226 e. The molecule has 6 nitrogen and oxygen atoms in total. The number of nitrogens with two attached hydrogens (primary N) is 1. The highest BCUT2D eigenvalue weighted by atomic mass is 35.5. The fourth-order valence-corrected chi connectivity index (χ4v) is 2.78. The number of carbonyl (C=O) groups excluding carboxylic acids is 1. The molecule has 1 amide bonds. The van der Waals surface area contributed by atoms with Gasteiger partial charge in [-0.05, 0) is 37.1 Å². The number of carbonyl (C=O) groups is 1. The maximum atomic E-state index is 12.1. The van der Waals surface area contributed by atoms with Gasteiger partial charge in [0.05, 0.1) is 18.3 Å². The predicted octanol–water partition coefficient (Wildman–Crippen LogP) is 2.23. The first kappa shape index (κ1) is 21.0. The molecular weight excluding hydrogens is 361 g/mol. The van der Waals surface area contributed by atoms with Crippen LogP contribution in [0.25, 0.3) is 0 Å². The van der Waals surface area contributed by atoms with Gasteiger partial charge in [-0.15, -0.1) is 24.8 Å². The van der Waals surface area contributed by atoms with E-state index in [2.05, 4.69) is 20.2 Å². The van der Waals surface area contributed by atoms with Gasteiger partial charge in [-0.25, -0.2) is 4.98 Å². The largest absolute Gasteiger partial charge is 0.397 e. The van der Waals surface area contributed by atoms with E-state index in [0.29, 0.717) is 12.1 Å². The van der Waals surface area contributed by atoms with E-state index in [1.807, 2.05) is 24.4 Å². The first-order valence-electron chi connectivity index (χ1n) is 7.86. The zero-order valence-electron chi connectivity index (χ0n) is 13.8. The lowest BCUT2D eigenvalue weighted by molar-refractivity contribution is -0.121. The third-order valence-corrected chi connectivity index (χ3v) is 4.02. The number of nitrogens with one attached hydrogen (secondary N) is 1. The first-order chi connectivity index (χ1) is 11.2. The molecule has 1 fully saturated rings. The lowest BCUT2D eigenvalue weighted by atomic mass is 10.0. The van der Waals surface area contributed by atoms with Gasteiger partial charge >= 0.3 is 0 Å². The van der Waals surface area contributed by atoms with E-state index in [1.165, 1.54) is 0 Å². The summed E-state index contributed by atoms with van der Waals surface area (Å²) in [7, 11) is 0. The number of hydrogen-bond acceptors (Lipinski definition) is 5. The molecule has 2 aromatic rings. The van der Waals surface area contributed by atoms with Gasteiger partial charge in [0, 0.05) is 31.0 Å². The van der Waals surface area contributed by atoms with Crippen molar-refractivity contribution in [2.45, 2.75) is 25.3 Å². The highest BCUT2D eigenvalue weighted by Crippen LogP contribution is 2.17. The molecule has 0 aliphatic carbocycles. The van der Waals surface area contributed by atoms with Crippen LogP contribution < -0.4 is 16.0 Å². The van der Waals surface area contributed by atoms with Gasteiger partial charge < -0.3 is 16.0 Å². The topological polar surface area (TPSA) is 84.1 Å². The van der Waals surface area contributed by atoms with Crippen LogP contribution in [-0.2, 0) is 11.2 Å². The number of anilines is 2. The Balaban J connectivity index is 0.00000156. The zero-order chi connectivity index (χ0) is 16.1.